The van der Waals surface area contributed by atoms with E-state index < -0.39 is 0 Å². The van der Waals surface area contributed by atoms with E-state index in [0.29, 0.717) is 5.75 Å². The molecule has 2 aromatic rings. The Balaban J connectivity index is 1.85. The van der Waals surface area contributed by atoms with Crippen LogP contribution in [0.1, 0.15) is 5.56 Å². The van der Waals surface area contributed by atoms with Gasteiger partial charge in [0.15, 0.2) is 12.4 Å². The summed E-state index contributed by atoms with van der Waals surface area (Å²) in [6.45, 7) is 1.95. The molecule has 1 heterocycles. The van der Waals surface area contributed by atoms with E-state index in [4.69, 9.17) is 4.74 Å². The number of aryl methyl sites for hydroxylation is 2. The van der Waals surface area contributed by atoms with Crippen molar-refractivity contribution in [2.24, 2.45) is 7.05 Å². The molecule has 0 spiro atoms. The standard InChI is InChI=1S/C13H15N3O2/c1-10-4-3-5-11(6-10)15-13(17)9-18-12-7-14-16(2)8-12/h3-8H,9H2,1-2H3,(H,15,17). The Bertz CT molecular complexity index is 549. The van der Waals surface area contributed by atoms with E-state index in [0.717, 1.165) is 11.3 Å². The largest absolute Gasteiger partial charge is 0.480 e. The summed E-state index contributed by atoms with van der Waals surface area (Å²) in [7, 11) is 1.79. The first kappa shape index (κ1) is 12.2. The van der Waals surface area contributed by atoms with Crippen LogP contribution < -0.4 is 10.1 Å². The van der Waals surface area contributed by atoms with Gasteiger partial charge in [0.2, 0.25) is 0 Å². The summed E-state index contributed by atoms with van der Waals surface area (Å²) in [6, 6.07) is 7.62. The molecule has 0 saturated carbocycles. The molecule has 0 unspecified atom stereocenters. The Morgan fingerprint density at radius 2 is 2.33 bits per heavy atom. The minimum atomic E-state index is -0.190. The first-order chi connectivity index (χ1) is 8.63. The number of ether oxygens (including phenoxy) is 1. The fourth-order valence-electron chi connectivity index (χ4n) is 1.54. The van der Waals surface area contributed by atoms with Crippen LogP contribution in [-0.2, 0) is 11.8 Å². The number of aromatic nitrogens is 2. The van der Waals surface area contributed by atoms with Crippen molar-refractivity contribution in [3.05, 3.63) is 42.2 Å². The molecular weight excluding hydrogens is 230 g/mol. The maximum Gasteiger partial charge on any atom is 0.262 e. The fraction of sp³-hybridized carbons (Fsp3) is 0.231. The van der Waals surface area contributed by atoms with Crippen LogP contribution in [0.2, 0.25) is 0 Å². The second-order valence-corrected chi connectivity index (χ2v) is 4.06. The van der Waals surface area contributed by atoms with Gasteiger partial charge in [-0.1, -0.05) is 12.1 Å². The van der Waals surface area contributed by atoms with Crippen LogP contribution in [0.3, 0.4) is 0 Å². The zero-order valence-corrected chi connectivity index (χ0v) is 10.4. The third-order valence-electron chi connectivity index (χ3n) is 2.35. The number of nitrogens with zero attached hydrogens (tertiary/aromatic N) is 2. The lowest BCUT2D eigenvalue weighted by Crippen LogP contribution is -2.20. The molecule has 0 bridgehead atoms. The number of rotatable bonds is 4. The average Bonchev–Trinajstić information content (AvgIpc) is 2.73. The highest BCUT2D eigenvalue weighted by Gasteiger charge is 2.04. The lowest BCUT2D eigenvalue weighted by atomic mass is 10.2. The van der Waals surface area contributed by atoms with Crippen molar-refractivity contribution in [2.45, 2.75) is 6.92 Å². The van der Waals surface area contributed by atoms with Crippen LogP contribution >= 0.6 is 0 Å². The molecule has 0 aliphatic carbocycles. The number of carbonyl (C=O) groups is 1. The highest BCUT2D eigenvalue weighted by Crippen LogP contribution is 2.10. The van der Waals surface area contributed by atoms with E-state index >= 15 is 0 Å². The zero-order valence-electron chi connectivity index (χ0n) is 10.4. The first-order valence-electron chi connectivity index (χ1n) is 5.61. The van der Waals surface area contributed by atoms with E-state index in [9.17, 15) is 4.79 Å². The van der Waals surface area contributed by atoms with Gasteiger partial charge in [0, 0.05) is 12.7 Å². The molecule has 0 atom stereocenters. The van der Waals surface area contributed by atoms with Gasteiger partial charge in [-0.3, -0.25) is 9.48 Å². The van der Waals surface area contributed by atoms with Gasteiger partial charge in [0.05, 0.1) is 12.4 Å². The predicted octanol–water partition coefficient (Wildman–Crippen LogP) is 1.75. The summed E-state index contributed by atoms with van der Waals surface area (Å²) in [4.78, 5) is 11.6. The van der Waals surface area contributed by atoms with Gasteiger partial charge in [-0.25, -0.2) is 0 Å². The molecule has 0 saturated heterocycles. The molecule has 0 radical (unpaired) electrons. The zero-order chi connectivity index (χ0) is 13.0. The Labute approximate surface area is 105 Å². The van der Waals surface area contributed by atoms with E-state index in [-0.39, 0.29) is 12.5 Å². The summed E-state index contributed by atoms with van der Waals surface area (Å²) >= 11 is 0. The maximum absolute atomic E-state index is 11.6. The third-order valence-corrected chi connectivity index (χ3v) is 2.35. The Morgan fingerprint density at radius 3 is 3.00 bits per heavy atom. The number of hydrogen-bond acceptors (Lipinski definition) is 3. The van der Waals surface area contributed by atoms with Gasteiger partial charge in [-0.15, -0.1) is 0 Å². The van der Waals surface area contributed by atoms with Gasteiger partial charge in [-0.05, 0) is 24.6 Å². The summed E-state index contributed by atoms with van der Waals surface area (Å²) in [5.41, 5.74) is 1.87. The highest BCUT2D eigenvalue weighted by molar-refractivity contribution is 5.91. The van der Waals surface area contributed by atoms with Crippen molar-refractivity contribution < 1.29 is 9.53 Å². The first-order valence-corrected chi connectivity index (χ1v) is 5.61. The van der Waals surface area contributed by atoms with Crippen molar-refractivity contribution in [3.8, 4) is 5.75 Å². The molecule has 18 heavy (non-hydrogen) atoms. The number of amides is 1. The van der Waals surface area contributed by atoms with Gasteiger partial charge in [-0.2, -0.15) is 5.10 Å². The Kier molecular flexibility index (Phi) is 3.62. The van der Waals surface area contributed by atoms with Crippen molar-refractivity contribution in [3.63, 3.8) is 0 Å². The van der Waals surface area contributed by atoms with Crippen LogP contribution in [0.25, 0.3) is 0 Å². The molecule has 0 aliphatic rings. The second-order valence-electron chi connectivity index (χ2n) is 4.06. The van der Waals surface area contributed by atoms with Crippen LogP contribution in [0.4, 0.5) is 5.69 Å². The van der Waals surface area contributed by atoms with Crippen molar-refractivity contribution in [2.75, 3.05) is 11.9 Å². The van der Waals surface area contributed by atoms with E-state index in [2.05, 4.69) is 10.4 Å². The molecule has 0 fully saturated rings. The molecule has 5 heteroatoms. The smallest absolute Gasteiger partial charge is 0.262 e. The number of hydrogen-bond donors (Lipinski definition) is 1. The van der Waals surface area contributed by atoms with Crippen molar-refractivity contribution in [1.29, 1.82) is 0 Å². The molecule has 94 valence electrons. The molecule has 1 amide bonds. The maximum atomic E-state index is 11.6. The van der Waals surface area contributed by atoms with Crippen molar-refractivity contribution >= 4 is 11.6 Å². The van der Waals surface area contributed by atoms with E-state index in [1.165, 1.54) is 0 Å². The summed E-state index contributed by atoms with van der Waals surface area (Å²) < 4.78 is 6.91. The molecule has 0 aliphatic heterocycles. The molecular formula is C13H15N3O2. The normalized spacial score (nSPS) is 10.1. The summed E-state index contributed by atoms with van der Waals surface area (Å²) in [5, 5.41) is 6.72. The number of benzene rings is 1. The van der Waals surface area contributed by atoms with E-state index in [1.54, 1.807) is 24.1 Å². The highest BCUT2D eigenvalue weighted by atomic mass is 16.5. The number of nitrogens with one attached hydrogen (secondary N) is 1. The Morgan fingerprint density at radius 1 is 1.50 bits per heavy atom. The molecule has 1 aromatic heterocycles. The summed E-state index contributed by atoms with van der Waals surface area (Å²) in [6.07, 6.45) is 3.28. The fourth-order valence-corrected chi connectivity index (χ4v) is 1.54. The van der Waals surface area contributed by atoms with Crippen LogP contribution in [0, 0.1) is 6.92 Å². The minimum absolute atomic E-state index is 0.0281. The second kappa shape index (κ2) is 5.35. The van der Waals surface area contributed by atoms with Crippen molar-refractivity contribution in [1.82, 2.24) is 9.78 Å². The Hall–Kier alpha value is -2.30. The topological polar surface area (TPSA) is 56.1 Å². The average molecular weight is 245 g/mol. The SMILES string of the molecule is Cc1cccc(NC(=O)COc2cnn(C)c2)c1. The molecule has 5 nitrogen and oxygen atoms in total. The van der Waals surface area contributed by atoms with E-state index in [1.807, 2.05) is 31.2 Å². The van der Waals surface area contributed by atoms with Gasteiger partial charge in [0.25, 0.3) is 5.91 Å². The summed E-state index contributed by atoms with van der Waals surface area (Å²) in [5.74, 6) is 0.390. The molecule has 1 aromatic carbocycles. The minimum Gasteiger partial charge on any atom is -0.480 e. The van der Waals surface area contributed by atoms with Crippen LogP contribution in [0.15, 0.2) is 36.7 Å². The van der Waals surface area contributed by atoms with Gasteiger partial charge < -0.3 is 10.1 Å². The quantitative estimate of drug-likeness (QED) is 0.892. The molecule has 2 rings (SSSR count). The lowest BCUT2D eigenvalue weighted by molar-refractivity contribution is -0.118. The third kappa shape index (κ3) is 3.35. The van der Waals surface area contributed by atoms with Gasteiger partial charge in [0.1, 0.15) is 0 Å². The van der Waals surface area contributed by atoms with Crippen LogP contribution in [0.5, 0.6) is 5.75 Å². The number of carbonyl (C=O) groups excluding carboxylic acids is 1. The lowest BCUT2D eigenvalue weighted by Gasteiger charge is -2.06. The van der Waals surface area contributed by atoms with Crippen LogP contribution in [-0.4, -0.2) is 22.3 Å². The van der Waals surface area contributed by atoms with Gasteiger partial charge >= 0.3 is 0 Å². The monoisotopic (exact) mass is 245 g/mol. The predicted molar refractivity (Wildman–Crippen MR) is 68.5 cm³/mol. The number of anilines is 1. The molecule has 1 N–H and O–H groups in total.